The molecule has 0 aromatic carbocycles. The second kappa shape index (κ2) is 5.78. The van der Waals surface area contributed by atoms with Gasteiger partial charge in [-0.05, 0) is 12.1 Å². The van der Waals surface area contributed by atoms with Crippen LogP contribution in [0, 0.1) is 0 Å². The van der Waals surface area contributed by atoms with E-state index in [-0.39, 0.29) is 18.8 Å². The fraction of sp³-hybridized carbons (Fsp3) is 0.545. The van der Waals surface area contributed by atoms with Crippen molar-refractivity contribution in [1.29, 1.82) is 0 Å². The Morgan fingerprint density at radius 2 is 2.05 bits per heavy atom. The third-order valence-electron chi connectivity index (χ3n) is 3.17. The molecule has 1 saturated heterocycles. The quantitative estimate of drug-likeness (QED) is 0.636. The van der Waals surface area contributed by atoms with E-state index < -0.39 is 36.8 Å². The summed E-state index contributed by atoms with van der Waals surface area (Å²) in [5.74, 6) is -1.62. The monoisotopic (exact) mass is 337 g/mol. The van der Waals surface area contributed by atoms with Gasteiger partial charge in [0.2, 0.25) is 10.0 Å². The van der Waals surface area contributed by atoms with E-state index in [4.69, 9.17) is 4.42 Å². The van der Waals surface area contributed by atoms with Gasteiger partial charge in [0, 0.05) is 13.1 Å². The van der Waals surface area contributed by atoms with Crippen molar-refractivity contribution in [2.75, 3.05) is 26.0 Å². The van der Waals surface area contributed by atoms with Crippen molar-refractivity contribution in [3.63, 3.8) is 0 Å². The lowest BCUT2D eigenvalue weighted by Crippen LogP contribution is -2.57. The molecule has 8 nitrogen and oxygen atoms in total. The molecule has 0 spiro atoms. The number of methoxy groups -OCH3 is 1. The Labute approximate surface area is 122 Å². The third-order valence-corrected chi connectivity index (χ3v) is 6.85. The maximum atomic E-state index is 12.1. The normalized spacial score (nSPS) is 17.4. The minimum Gasteiger partial charge on any atom is -0.468 e. The standard InChI is InChI=1S/C11H15NO7S2/c1-18-11(13)8-21(16,17)12-5-10(6-12)20(14,15)7-9-3-2-4-19-9/h2-4,10H,5-8H2,1H3. The van der Waals surface area contributed by atoms with Crippen LogP contribution in [0.15, 0.2) is 22.8 Å². The molecular formula is C11H15NO7S2. The zero-order valence-corrected chi connectivity index (χ0v) is 12.9. The summed E-state index contributed by atoms with van der Waals surface area (Å²) < 4.78 is 57.9. The first-order valence-corrected chi connectivity index (χ1v) is 9.35. The number of hydrogen-bond acceptors (Lipinski definition) is 7. The molecule has 118 valence electrons. The van der Waals surface area contributed by atoms with Crippen LogP contribution in [-0.2, 0) is 35.1 Å². The Morgan fingerprint density at radius 3 is 2.57 bits per heavy atom. The van der Waals surface area contributed by atoms with Crippen LogP contribution < -0.4 is 0 Å². The lowest BCUT2D eigenvalue weighted by atomic mass is 10.3. The first kappa shape index (κ1) is 16.0. The number of carbonyl (C=O) groups is 1. The zero-order chi connectivity index (χ0) is 15.7. The summed E-state index contributed by atoms with van der Waals surface area (Å²) in [7, 11) is -6.22. The van der Waals surface area contributed by atoms with Crippen molar-refractivity contribution < 1.29 is 30.8 Å². The van der Waals surface area contributed by atoms with Gasteiger partial charge in [-0.15, -0.1) is 0 Å². The molecule has 10 heteroatoms. The lowest BCUT2D eigenvalue weighted by Gasteiger charge is -2.36. The van der Waals surface area contributed by atoms with E-state index in [1.165, 1.54) is 6.26 Å². The van der Waals surface area contributed by atoms with Gasteiger partial charge in [0.05, 0.1) is 18.6 Å². The summed E-state index contributed by atoms with van der Waals surface area (Å²) in [5.41, 5.74) is 0. The molecule has 1 aromatic rings. The number of carbonyl (C=O) groups excluding carboxylic acids is 1. The first-order valence-electron chi connectivity index (χ1n) is 6.03. The third kappa shape index (κ3) is 3.63. The van der Waals surface area contributed by atoms with Gasteiger partial charge in [0.1, 0.15) is 11.5 Å². The molecule has 0 atom stereocenters. The summed E-state index contributed by atoms with van der Waals surface area (Å²) in [6.07, 6.45) is 1.37. The number of hydrogen-bond donors (Lipinski definition) is 0. The average molecular weight is 337 g/mol. The molecule has 21 heavy (non-hydrogen) atoms. The molecule has 0 radical (unpaired) electrons. The smallest absolute Gasteiger partial charge is 0.322 e. The Kier molecular flexibility index (Phi) is 4.40. The topological polar surface area (TPSA) is 111 Å². The van der Waals surface area contributed by atoms with Crippen LogP contribution in [0.4, 0.5) is 0 Å². The molecule has 1 aromatic heterocycles. The molecule has 0 bridgehead atoms. The van der Waals surface area contributed by atoms with Crippen molar-refractivity contribution in [1.82, 2.24) is 4.31 Å². The molecule has 1 aliphatic rings. The van der Waals surface area contributed by atoms with E-state index in [1.54, 1.807) is 12.1 Å². The second-order valence-corrected chi connectivity index (χ2v) is 8.91. The highest BCUT2D eigenvalue weighted by Gasteiger charge is 2.43. The van der Waals surface area contributed by atoms with Gasteiger partial charge in [0.25, 0.3) is 0 Å². The zero-order valence-electron chi connectivity index (χ0n) is 11.3. The lowest BCUT2D eigenvalue weighted by molar-refractivity contribution is -0.137. The van der Waals surface area contributed by atoms with Crippen molar-refractivity contribution in [3.8, 4) is 0 Å². The highest BCUT2D eigenvalue weighted by Crippen LogP contribution is 2.23. The van der Waals surface area contributed by atoms with Gasteiger partial charge >= 0.3 is 5.97 Å². The minimum atomic E-state index is -3.82. The van der Waals surface area contributed by atoms with Crippen LogP contribution in [0.2, 0.25) is 0 Å². The van der Waals surface area contributed by atoms with E-state index in [9.17, 15) is 21.6 Å². The number of sulfone groups is 1. The molecule has 2 heterocycles. The summed E-state index contributed by atoms with van der Waals surface area (Å²) in [6.45, 7) is -0.301. The molecule has 1 fully saturated rings. The number of esters is 1. The van der Waals surface area contributed by atoms with Gasteiger partial charge in [-0.25, -0.2) is 16.8 Å². The molecule has 0 aliphatic carbocycles. The fourth-order valence-electron chi connectivity index (χ4n) is 1.87. The van der Waals surface area contributed by atoms with Gasteiger partial charge in [-0.3, -0.25) is 4.79 Å². The van der Waals surface area contributed by atoms with Crippen molar-refractivity contribution in [2.45, 2.75) is 11.0 Å². The molecule has 0 unspecified atom stereocenters. The SMILES string of the molecule is COC(=O)CS(=O)(=O)N1CC(S(=O)(=O)Cc2ccco2)C1. The summed E-state index contributed by atoms with van der Waals surface area (Å²) in [5, 5.41) is -0.782. The van der Waals surface area contributed by atoms with Crippen molar-refractivity contribution in [2.24, 2.45) is 0 Å². The highest BCUT2D eigenvalue weighted by atomic mass is 32.2. The molecule has 0 saturated carbocycles. The van der Waals surface area contributed by atoms with E-state index >= 15 is 0 Å². The molecule has 0 N–H and O–H groups in total. The van der Waals surface area contributed by atoms with Gasteiger partial charge in [-0.1, -0.05) is 0 Å². The Bertz CT molecular complexity index is 700. The maximum Gasteiger partial charge on any atom is 0.322 e. The highest BCUT2D eigenvalue weighted by molar-refractivity contribution is 7.92. The summed E-state index contributed by atoms with van der Waals surface area (Å²) >= 11 is 0. The van der Waals surface area contributed by atoms with Crippen molar-refractivity contribution >= 4 is 25.8 Å². The second-order valence-electron chi connectivity index (χ2n) is 4.66. The van der Waals surface area contributed by atoms with Gasteiger partial charge in [-0.2, -0.15) is 4.31 Å². The fourth-order valence-corrected chi connectivity index (χ4v) is 5.08. The number of rotatable bonds is 6. The van der Waals surface area contributed by atoms with Crippen LogP contribution in [0.3, 0.4) is 0 Å². The minimum absolute atomic E-state index is 0.150. The molecule has 1 aliphatic heterocycles. The number of furan rings is 1. The molecule has 2 rings (SSSR count). The average Bonchev–Trinajstić information content (AvgIpc) is 2.76. The predicted molar refractivity (Wildman–Crippen MR) is 72.5 cm³/mol. The number of nitrogens with zero attached hydrogens (tertiary/aromatic N) is 1. The first-order chi connectivity index (χ1) is 9.74. The van der Waals surface area contributed by atoms with E-state index in [0.29, 0.717) is 5.76 Å². The van der Waals surface area contributed by atoms with Gasteiger partial charge < -0.3 is 9.15 Å². The van der Waals surface area contributed by atoms with Gasteiger partial charge in [0.15, 0.2) is 15.6 Å². The van der Waals surface area contributed by atoms with E-state index in [0.717, 1.165) is 11.4 Å². The Hall–Kier alpha value is -1.39. The molecule has 0 amide bonds. The summed E-state index contributed by atoms with van der Waals surface area (Å²) in [6, 6.07) is 3.13. The predicted octanol–water partition coefficient (Wildman–Crippen LogP) is -0.619. The van der Waals surface area contributed by atoms with Crippen LogP contribution in [0.25, 0.3) is 0 Å². The van der Waals surface area contributed by atoms with Crippen LogP contribution in [-0.4, -0.2) is 58.3 Å². The largest absolute Gasteiger partial charge is 0.468 e. The Morgan fingerprint density at radius 1 is 1.38 bits per heavy atom. The van der Waals surface area contributed by atoms with Crippen LogP contribution >= 0.6 is 0 Å². The molecular weight excluding hydrogens is 322 g/mol. The van der Waals surface area contributed by atoms with Crippen molar-refractivity contribution in [3.05, 3.63) is 24.2 Å². The summed E-state index contributed by atoms with van der Waals surface area (Å²) in [4.78, 5) is 11.0. The number of ether oxygens (including phenoxy) is 1. The van der Waals surface area contributed by atoms with E-state index in [2.05, 4.69) is 4.74 Å². The van der Waals surface area contributed by atoms with Crippen LogP contribution in [0.1, 0.15) is 5.76 Å². The van der Waals surface area contributed by atoms with E-state index in [1.807, 2.05) is 0 Å². The number of sulfonamides is 1. The maximum absolute atomic E-state index is 12.1. The Balaban J connectivity index is 1.95. The van der Waals surface area contributed by atoms with Crippen LogP contribution in [0.5, 0.6) is 0 Å².